The topological polar surface area (TPSA) is 94.3 Å². The van der Waals surface area contributed by atoms with E-state index in [2.05, 4.69) is 10.3 Å². The Bertz CT molecular complexity index is 328. The molecule has 104 valence electrons. The van der Waals surface area contributed by atoms with Gasteiger partial charge in [0.2, 0.25) is 0 Å². The fourth-order valence-corrected chi connectivity index (χ4v) is 3.35. The zero-order valence-corrected chi connectivity index (χ0v) is 11.3. The number of aliphatic hydroxyl groups is 3. The van der Waals surface area contributed by atoms with Crippen molar-refractivity contribution in [1.29, 1.82) is 0 Å². The second-order valence-electron chi connectivity index (χ2n) is 4.50. The number of nitrogens with one attached hydrogen (secondary N) is 1. The molecule has 1 saturated heterocycles. The van der Waals surface area contributed by atoms with Crippen LogP contribution in [0, 0.1) is 0 Å². The van der Waals surface area contributed by atoms with E-state index >= 15 is 0 Å². The number of hydrogen-bond acceptors (Lipinski definition) is 7. The van der Waals surface area contributed by atoms with Crippen LogP contribution in [0.4, 0.5) is 0 Å². The van der Waals surface area contributed by atoms with Gasteiger partial charge in [-0.1, -0.05) is 18.7 Å². The zero-order chi connectivity index (χ0) is 13.3. The summed E-state index contributed by atoms with van der Waals surface area (Å²) >= 11 is 1.39. The normalized spacial score (nSPS) is 41.2. The number of amidine groups is 1. The average Bonchev–Trinajstić information content (AvgIpc) is 2.76. The van der Waals surface area contributed by atoms with Crippen molar-refractivity contribution in [1.82, 2.24) is 5.32 Å². The van der Waals surface area contributed by atoms with Crippen LogP contribution in [-0.2, 0) is 4.74 Å². The number of fused-ring (bicyclic) bond motifs is 1. The monoisotopic (exact) mass is 276 g/mol. The van der Waals surface area contributed by atoms with Gasteiger partial charge < -0.3 is 25.4 Å². The molecule has 0 amide bonds. The Morgan fingerprint density at radius 2 is 2.11 bits per heavy atom. The third kappa shape index (κ3) is 2.50. The maximum Gasteiger partial charge on any atom is 0.159 e. The van der Waals surface area contributed by atoms with E-state index in [1.165, 1.54) is 11.8 Å². The average molecular weight is 276 g/mol. The van der Waals surface area contributed by atoms with Gasteiger partial charge in [-0.25, -0.2) is 0 Å². The smallest absolute Gasteiger partial charge is 0.159 e. The van der Waals surface area contributed by atoms with Crippen LogP contribution in [-0.4, -0.2) is 62.9 Å². The van der Waals surface area contributed by atoms with Crippen LogP contribution in [0.5, 0.6) is 0 Å². The minimum Gasteiger partial charge on any atom is -0.390 e. The molecule has 4 N–H and O–H groups in total. The SMILES string of the molecule is CCNC1=N[C@@H]2[C@@H](O)[C@H](O)[C@@H]([C@H](O)CC)O[C@@H]2S1. The molecule has 0 saturated carbocycles. The Labute approximate surface area is 110 Å². The molecule has 6 atom stereocenters. The van der Waals surface area contributed by atoms with Gasteiger partial charge in [0.15, 0.2) is 5.17 Å². The lowest BCUT2D eigenvalue weighted by molar-refractivity contribution is -0.185. The fourth-order valence-electron chi connectivity index (χ4n) is 2.17. The van der Waals surface area contributed by atoms with Crippen LogP contribution in [0.2, 0.25) is 0 Å². The summed E-state index contributed by atoms with van der Waals surface area (Å²) in [6, 6.07) is -0.473. The summed E-state index contributed by atoms with van der Waals surface area (Å²) < 4.78 is 5.67. The van der Waals surface area contributed by atoms with Gasteiger partial charge >= 0.3 is 0 Å². The van der Waals surface area contributed by atoms with E-state index in [4.69, 9.17) is 4.74 Å². The number of ether oxygens (including phenoxy) is 1. The van der Waals surface area contributed by atoms with Crippen molar-refractivity contribution in [2.24, 2.45) is 4.99 Å². The summed E-state index contributed by atoms with van der Waals surface area (Å²) in [4.78, 5) is 4.30. The third-order valence-electron chi connectivity index (χ3n) is 3.23. The largest absolute Gasteiger partial charge is 0.390 e. The first kappa shape index (κ1) is 14.1. The van der Waals surface area contributed by atoms with Gasteiger partial charge in [-0.05, 0) is 13.3 Å². The number of nitrogens with zero attached hydrogens (tertiary/aromatic N) is 1. The molecule has 0 aromatic heterocycles. The van der Waals surface area contributed by atoms with E-state index < -0.39 is 30.5 Å². The summed E-state index contributed by atoms with van der Waals surface area (Å²) in [5, 5.41) is 33.6. The van der Waals surface area contributed by atoms with Crippen LogP contribution in [0.15, 0.2) is 4.99 Å². The first-order chi connectivity index (χ1) is 8.58. The minimum atomic E-state index is -1.11. The number of thioether (sulfide) groups is 1. The molecule has 1 fully saturated rings. The molecule has 2 heterocycles. The van der Waals surface area contributed by atoms with Gasteiger partial charge in [0.25, 0.3) is 0 Å². The molecule has 2 aliphatic rings. The molecule has 0 bridgehead atoms. The summed E-state index contributed by atoms with van der Waals surface area (Å²) in [5.41, 5.74) is -0.344. The van der Waals surface area contributed by atoms with Crippen molar-refractivity contribution < 1.29 is 20.1 Å². The van der Waals surface area contributed by atoms with Crippen LogP contribution >= 0.6 is 11.8 Å². The Morgan fingerprint density at radius 3 is 2.72 bits per heavy atom. The maximum absolute atomic E-state index is 10.1. The first-order valence-electron chi connectivity index (χ1n) is 6.26. The number of aliphatic hydroxyl groups excluding tert-OH is 3. The predicted octanol–water partition coefficient (Wildman–Crippen LogP) is -0.715. The lowest BCUT2D eigenvalue weighted by Gasteiger charge is -2.40. The number of aliphatic imine (C=N–C) groups is 1. The molecular weight excluding hydrogens is 256 g/mol. The number of rotatable bonds is 3. The highest BCUT2D eigenvalue weighted by Crippen LogP contribution is 2.36. The van der Waals surface area contributed by atoms with Gasteiger partial charge in [-0.3, -0.25) is 4.99 Å². The van der Waals surface area contributed by atoms with E-state index in [1.807, 2.05) is 13.8 Å². The Kier molecular flexibility index (Phi) is 4.50. The summed E-state index contributed by atoms with van der Waals surface area (Å²) in [7, 11) is 0. The molecule has 2 aliphatic heterocycles. The Balaban J connectivity index is 2.09. The van der Waals surface area contributed by atoms with Gasteiger partial charge in [0, 0.05) is 6.54 Å². The highest BCUT2D eigenvalue weighted by molar-refractivity contribution is 8.14. The predicted molar refractivity (Wildman–Crippen MR) is 69.5 cm³/mol. The van der Waals surface area contributed by atoms with Crippen LogP contribution in [0.3, 0.4) is 0 Å². The van der Waals surface area contributed by atoms with Crippen molar-refractivity contribution in [3.05, 3.63) is 0 Å². The van der Waals surface area contributed by atoms with Gasteiger partial charge in [-0.15, -0.1) is 0 Å². The summed E-state index contributed by atoms with van der Waals surface area (Å²) in [6.45, 7) is 4.51. The molecule has 0 radical (unpaired) electrons. The lowest BCUT2D eigenvalue weighted by atomic mass is 9.94. The molecule has 6 nitrogen and oxygen atoms in total. The molecule has 0 spiro atoms. The maximum atomic E-state index is 10.1. The Morgan fingerprint density at radius 1 is 1.39 bits per heavy atom. The fraction of sp³-hybridized carbons (Fsp3) is 0.909. The highest BCUT2D eigenvalue weighted by atomic mass is 32.2. The van der Waals surface area contributed by atoms with Crippen LogP contribution < -0.4 is 5.32 Å². The molecule has 0 unspecified atom stereocenters. The van der Waals surface area contributed by atoms with Gasteiger partial charge in [-0.2, -0.15) is 0 Å². The van der Waals surface area contributed by atoms with Gasteiger partial charge in [0.1, 0.15) is 29.8 Å². The van der Waals surface area contributed by atoms with E-state index in [-0.39, 0.29) is 5.44 Å². The molecular formula is C11H20N2O4S. The molecule has 7 heteroatoms. The number of hydrogen-bond donors (Lipinski definition) is 4. The second-order valence-corrected chi connectivity index (χ2v) is 5.59. The molecule has 0 aromatic carbocycles. The van der Waals surface area contributed by atoms with E-state index in [9.17, 15) is 15.3 Å². The molecule has 2 rings (SSSR count). The summed E-state index contributed by atoms with van der Waals surface area (Å²) in [6.07, 6.45) is -3.17. The molecule has 0 aliphatic carbocycles. The van der Waals surface area contributed by atoms with Crippen molar-refractivity contribution in [3.8, 4) is 0 Å². The van der Waals surface area contributed by atoms with Crippen molar-refractivity contribution in [3.63, 3.8) is 0 Å². The van der Waals surface area contributed by atoms with Crippen molar-refractivity contribution in [2.45, 2.75) is 56.2 Å². The zero-order valence-electron chi connectivity index (χ0n) is 10.5. The quantitative estimate of drug-likeness (QED) is 0.544. The highest BCUT2D eigenvalue weighted by Gasteiger charge is 2.49. The van der Waals surface area contributed by atoms with Crippen LogP contribution in [0.25, 0.3) is 0 Å². The first-order valence-corrected chi connectivity index (χ1v) is 7.14. The Hall–Kier alpha value is -0.340. The molecule has 18 heavy (non-hydrogen) atoms. The van der Waals surface area contributed by atoms with E-state index in [1.54, 1.807) is 0 Å². The van der Waals surface area contributed by atoms with E-state index in [0.717, 1.165) is 6.54 Å². The van der Waals surface area contributed by atoms with Crippen LogP contribution in [0.1, 0.15) is 20.3 Å². The molecule has 0 aromatic rings. The summed E-state index contributed by atoms with van der Waals surface area (Å²) in [5.74, 6) is 0. The minimum absolute atomic E-state index is 0.344. The lowest BCUT2D eigenvalue weighted by Crippen LogP contribution is -2.58. The van der Waals surface area contributed by atoms with Crippen molar-refractivity contribution >= 4 is 16.9 Å². The van der Waals surface area contributed by atoms with Gasteiger partial charge in [0.05, 0.1) is 6.10 Å². The van der Waals surface area contributed by atoms with Crippen molar-refractivity contribution in [2.75, 3.05) is 6.54 Å². The third-order valence-corrected chi connectivity index (χ3v) is 4.32. The standard InChI is InChI=1S/C11H20N2O4S/c1-3-5(14)9-8(16)7(15)6-10(17-9)18-11(13-6)12-4-2/h5-10,14-16H,3-4H2,1-2H3,(H,12,13)/t5-,6-,7-,8+,9-,10-/m1/s1. The van der Waals surface area contributed by atoms with E-state index in [0.29, 0.717) is 11.6 Å². The second kappa shape index (κ2) is 5.75.